The quantitative estimate of drug-likeness (QED) is 0.904. The number of benzene rings is 1. The first-order chi connectivity index (χ1) is 8.58. The van der Waals surface area contributed by atoms with Crippen molar-refractivity contribution in [1.82, 2.24) is 15.0 Å². The monoisotopic (exact) mass is 309 g/mol. The van der Waals surface area contributed by atoms with Gasteiger partial charge in [0.1, 0.15) is 0 Å². The number of methoxy groups -OCH3 is 1. The molecule has 6 nitrogen and oxygen atoms in total. The molecule has 0 aliphatic heterocycles. The highest BCUT2D eigenvalue weighted by Gasteiger charge is 2.06. The molecule has 18 heavy (non-hydrogen) atoms. The molecule has 0 aliphatic carbocycles. The van der Waals surface area contributed by atoms with E-state index >= 15 is 0 Å². The van der Waals surface area contributed by atoms with Crippen LogP contribution in [0.5, 0.6) is 6.01 Å². The van der Waals surface area contributed by atoms with Gasteiger partial charge >= 0.3 is 6.01 Å². The predicted molar refractivity (Wildman–Crippen MR) is 73.0 cm³/mol. The Balaban J connectivity index is 2.33. The molecule has 0 atom stereocenters. The average Bonchev–Trinajstić information content (AvgIpc) is 2.33. The molecule has 1 heterocycles. The SMILES string of the molecule is COc1nc(N)nc(Nc2cc(Br)ccc2C)n1. The van der Waals surface area contributed by atoms with Crippen LogP contribution in [0.3, 0.4) is 0 Å². The highest BCUT2D eigenvalue weighted by molar-refractivity contribution is 9.10. The van der Waals surface area contributed by atoms with Gasteiger partial charge in [0.15, 0.2) is 0 Å². The minimum absolute atomic E-state index is 0.108. The van der Waals surface area contributed by atoms with Crippen molar-refractivity contribution in [2.75, 3.05) is 18.2 Å². The molecule has 0 spiro atoms. The number of nitrogen functional groups attached to an aromatic ring is 1. The van der Waals surface area contributed by atoms with Crippen LogP contribution in [0.2, 0.25) is 0 Å². The van der Waals surface area contributed by atoms with Crippen molar-refractivity contribution in [2.24, 2.45) is 0 Å². The maximum atomic E-state index is 5.57. The summed E-state index contributed by atoms with van der Waals surface area (Å²) in [6, 6.07) is 6.05. The summed E-state index contributed by atoms with van der Waals surface area (Å²) in [4.78, 5) is 11.9. The molecule has 0 saturated heterocycles. The maximum absolute atomic E-state index is 5.57. The minimum atomic E-state index is 0.108. The summed E-state index contributed by atoms with van der Waals surface area (Å²) < 4.78 is 5.90. The molecule has 2 aromatic rings. The van der Waals surface area contributed by atoms with E-state index in [0.717, 1.165) is 15.7 Å². The van der Waals surface area contributed by atoms with Gasteiger partial charge in [-0.3, -0.25) is 0 Å². The number of hydrogen-bond acceptors (Lipinski definition) is 6. The summed E-state index contributed by atoms with van der Waals surface area (Å²) in [5, 5.41) is 3.08. The number of nitrogens with one attached hydrogen (secondary N) is 1. The van der Waals surface area contributed by atoms with E-state index in [9.17, 15) is 0 Å². The number of aryl methyl sites for hydroxylation is 1. The molecule has 0 amide bonds. The third-order valence-electron chi connectivity index (χ3n) is 2.26. The number of anilines is 3. The van der Waals surface area contributed by atoms with Gasteiger partial charge in [0.25, 0.3) is 0 Å². The topological polar surface area (TPSA) is 86.0 Å². The van der Waals surface area contributed by atoms with Gasteiger partial charge in [0.2, 0.25) is 11.9 Å². The van der Waals surface area contributed by atoms with Crippen molar-refractivity contribution in [2.45, 2.75) is 6.92 Å². The van der Waals surface area contributed by atoms with E-state index in [1.165, 1.54) is 7.11 Å². The fourth-order valence-corrected chi connectivity index (χ4v) is 1.73. The lowest BCUT2D eigenvalue weighted by Gasteiger charge is -2.09. The fraction of sp³-hybridized carbons (Fsp3) is 0.182. The summed E-state index contributed by atoms with van der Waals surface area (Å²) in [5.74, 6) is 0.456. The van der Waals surface area contributed by atoms with E-state index in [-0.39, 0.29) is 12.0 Å². The van der Waals surface area contributed by atoms with Gasteiger partial charge in [-0.15, -0.1) is 0 Å². The lowest BCUT2D eigenvalue weighted by atomic mass is 10.2. The second-order valence-electron chi connectivity index (χ2n) is 3.59. The van der Waals surface area contributed by atoms with E-state index < -0.39 is 0 Å². The van der Waals surface area contributed by atoms with Crippen LogP contribution in [0.25, 0.3) is 0 Å². The molecule has 0 bridgehead atoms. The number of aromatic nitrogens is 3. The van der Waals surface area contributed by atoms with Crippen molar-refractivity contribution in [1.29, 1.82) is 0 Å². The highest BCUT2D eigenvalue weighted by Crippen LogP contribution is 2.23. The number of nitrogens with zero attached hydrogens (tertiary/aromatic N) is 3. The number of hydrogen-bond donors (Lipinski definition) is 2. The van der Waals surface area contributed by atoms with Crippen LogP contribution in [0.1, 0.15) is 5.56 Å². The third-order valence-corrected chi connectivity index (χ3v) is 2.75. The molecule has 0 fully saturated rings. The van der Waals surface area contributed by atoms with Crippen LogP contribution < -0.4 is 15.8 Å². The number of halogens is 1. The fourth-order valence-electron chi connectivity index (χ4n) is 1.37. The summed E-state index contributed by atoms with van der Waals surface area (Å²) in [6.45, 7) is 1.98. The molecular formula is C11H12BrN5O. The van der Waals surface area contributed by atoms with Crippen molar-refractivity contribution in [3.05, 3.63) is 28.2 Å². The van der Waals surface area contributed by atoms with Crippen LogP contribution in [-0.2, 0) is 0 Å². The summed E-state index contributed by atoms with van der Waals surface area (Å²) >= 11 is 3.41. The van der Waals surface area contributed by atoms with E-state index in [1.54, 1.807) is 0 Å². The summed E-state index contributed by atoms with van der Waals surface area (Å²) in [6.07, 6.45) is 0. The number of ether oxygens (including phenoxy) is 1. The van der Waals surface area contributed by atoms with Gasteiger partial charge in [-0.1, -0.05) is 22.0 Å². The van der Waals surface area contributed by atoms with E-state index in [2.05, 4.69) is 36.2 Å². The Morgan fingerprint density at radius 3 is 2.78 bits per heavy atom. The van der Waals surface area contributed by atoms with Crippen LogP contribution in [0, 0.1) is 6.92 Å². The van der Waals surface area contributed by atoms with Crippen molar-refractivity contribution in [3.8, 4) is 6.01 Å². The third kappa shape index (κ3) is 2.86. The molecule has 1 aromatic carbocycles. The largest absolute Gasteiger partial charge is 0.467 e. The number of nitrogens with two attached hydrogens (primary N) is 1. The lowest BCUT2D eigenvalue weighted by Crippen LogP contribution is -2.05. The first-order valence-electron chi connectivity index (χ1n) is 5.17. The van der Waals surface area contributed by atoms with E-state index in [1.807, 2.05) is 25.1 Å². The molecule has 0 radical (unpaired) electrons. The first-order valence-corrected chi connectivity index (χ1v) is 5.96. The van der Waals surface area contributed by atoms with Crippen molar-refractivity contribution in [3.63, 3.8) is 0 Å². The smallest absolute Gasteiger partial charge is 0.322 e. The Morgan fingerprint density at radius 1 is 1.28 bits per heavy atom. The van der Waals surface area contributed by atoms with Gasteiger partial charge in [-0.05, 0) is 24.6 Å². The van der Waals surface area contributed by atoms with Crippen LogP contribution >= 0.6 is 15.9 Å². The first kappa shape index (κ1) is 12.6. The second kappa shape index (κ2) is 5.18. The zero-order valence-electron chi connectivity index (χ0n) is 9.94. The van der Waals surface area contributed by atoms with Crippen molar-refractivity contribution >= 4 is 33.5 Å². The standard InChI is InChI=1S/C11H12BrN5O/c1-6-3-4-7(12)5-8(6)14-10-15-9(13)16-11(17-10)18-2/h3-5H,1-2H3,(H3,13,14,15,16,17). The normalized spacial score (nSPS) is 10.2. The Hall–Kier alpha value is -1.89. The molecule has 1 aromatic heterocycles. The molecule has 3 N–H and O–H groups in total. The lowest BCUT2D eigenvalue weighted by molar-refractivity contribution is 0.380. The maximum Gasteiger partial charge on any atom is 0.322 e. The number of rotatable bonds is 3. The van der Waals surface area contributed by atoms with E-state index in [4.69, 9.17) is 10.5 Å². The zero-order chi connectivity index (χ0) is 13.1. The molecule has 0 aliphatic rings. The van der Waals surface area contributed by atoms with Gasteiger partial charge in [-0.25, -0.2) is 0 Å². The van der Waals surface area contributed by atoms with E-state index in [0.29, 0.717) is 5.95 Å². The molecule has 2 rings (SSSR count). The average molecular weight is 310 g/mol. The highest BCUT2D eigenvalue weighted by atomic mass is 79.9. The van der Waals surface area contributed by atoms with Crippen molar-refractivity contribution < 1.29 is 4.74 Å². The molecule has 0 unspecified atom stereocenters. The van der Waals surface area contributed by atoms with Gasteiger partial charge in [-0.2, -0.15) is 15.0 Å². The predicted octanol–water partition coefficient (Wildman–Crippen LogP) is 2.28. The molecular weight excluding hydrogens is 298 g/mol. The van der Waals surface area contributed by atoms with Crippen LogP contribution in [0.15, 0.2) is 22.7 Å². The second-order valence-corrected chi connectivity index (χ2v) is 4.50. The Bertz CT molecular complexity index is 575. The summed E-state index contributed by atoms with van der Waals surface area (Å²) in [5.41, 5.74) is 7.52. The van der Waals surface area contributed by atoms with Gasteiger partial charge in [0, 0.05) is 10.2 Å². The van der Waals surface area contributed by atoms with Crippen LogP contribution in [-0.4, -0.2) is 22.1 Å². The van der Waals surface area contributed by atoms with Gasteiger partial charge < -0.3 is 15.8 Å². The molecule has 7 heteroatoms. The minimum Gasteiger partial charge on any atom is -0.467 e. The molecule has 0 saturated carbocycles. The Labute approximate surface area is 113 Å². The molecule has 94 valence electrons. The summed E-state index contributed by atoms with van der Waals surface area (Å²) in [7, 11) is 1.48. The zero-order valence-corrected chi connectivity index (χ0v) is 11.5. The Morgan fingerprint density at radius 2 is 2.06 bits per heavy atom. The van der Waals surface area contributed by atoms with Crippen LogP contribution in [0.4, 0.5) is 17.6 Å². The Kier molecular flexibility index (Phi) is 3.61. The van der Waals surface area contributed by atoms with Gasteiger partial charge in [0.05, 0.1) is 7.11 Å².